The number of carboxylic acid groups (broad SMARTS) is 2. The molecule has 0 aliphatic heterocycles. The third-order valence-corrected chi connectivity index (χ3v) is 3.28. The standard InChI is InChI=1S/C13H8ClFN2O5/c14-9-4(2-1-3-5(9)15)6-7(12(19)20)10(16)17-11(18)8(6)13(21)22/h1-3H,(H,19,20)(H,21,22)(H3,16,17,18). The molecule has 0 atom stereocenters. The molecule has 7 nitrogen and oxygen atoms in total. The fourth-order valence-electron chi connectivity index (χ4n) is 2.01. The van der Waals surface area contributed by atoms with Crippen molar-refractivity contribution in [3.05, 3.63) is 50.5 Å². The maximum Gasteiger partial charge on any atom is 0.342 e. The summed E-state index contributed by atoms with van der Waals surface area (Å²) in [7, 11) is 0. The number of benzene rings is 1. The number of nitrogen functional groups attached to an aromatic ring is 1. The van der Waals surface area contributed by atoms with Gasteiger partial charge in [0.2, 0.25) is 0 Å². The third kappa shape index (κ3) is 2.40. The van der Waals surface area contributed by atoms with Crippen LogP contribution in [0.4, 0.5) is 10.2 Å². The maximum absolute atomic E-state index is 13.6. The molecule has 0 saturated heterocycles. The first-order valence-corrected chi connectivity index (χ1v) is 6.10. The van der Waals surface area contributed by atoms with Crippen molar-refractivity contribution in [2.24, 2.45) is 0 Å². The second-order valence-corrected chi connectivity index (χ2v) is 4.58. The highest BCUT2D eigenvalue weighted by atomic mass is 35.5. The summed E-state index contributed by atoms with van der Waals surface area (Å²) in [6.45, 7) is 0. The number of aromatic carboxylic acids is 2. The molecule has 0 unspecified atom stereocenters. The van der Waals surface area contributed by atoms with Crippen LogP contribution >= 0.6 is 11.6 Å². The van der Waals surface area contributed by atoms with Crippen LogP contribution in [0, 0.1) is 5.82 Å². The van der Waals surface area contributed by atoms with Crippen molar-refractivity contribution in [3.8, 4) is 11.1 Å². The van der Waals surface area contributed by atoms with E-state index in [1.807, 2.05) is 4.98 Å². The average Bonchev–Trinajstić information content (AvgIpc) is 2.39. The van der Waals surface area contributed by atoms with Gasteiger partial charge >= 0.3 is 11.9 Å². The van der Waals surface area contributed by atoms with Crippen molar-refractivity contribution in [2.45, 2.75) is 0 Å². The number of H-pyrrole nitrogens is 1. The van der Waals surface area contributed by atoms with Gasteiger partial charge in [0.15, 0.2) is 0 Å². The van der Waals surface area contributed by atoms with Gasteiger partial charge in [-0.25, -0.2) is 14.0 Å². The molecule has 0 aliphatic rings. The number of anilines is 1. The van der Waals surface area contributed by atoms with Crippen molar-refractivity contribution in [3.63, 3.8) is 0 Å². The number of halogens is 2. The number of aromatic amines is 1. The lowest BCUT2D eigenvalue weighted by molar-refractivity contribution is 0.0695. The van der Waals surface area contributed by atoms with Crippen molar-refractivity contribution in [2.75, 3.05) is 5.73 Å². The summed E-state index contributed by atoms with van der Waals surface area (Å²) in [5, 5.41) is 17.9. The lowest BCUT2D eigenvalue weighted by Gasteiger charge is -2.13. The zero-order chi connectivity index (χ0) is 16.6. The van der Waals surface area contributed by atoms with Crippen LogP contribution in [0.15, 0.2) is 23.0 Å². The van der Waals surface area contributed by atoms with Crippen molar-refractivity contribution < 1.29 is 24.2 Å². The Morgan fingerprint density at radius 1 is 1.18 bits per heavy atom. The molecule has 0 radical (unpaired) electrons. The lowest BCUT2D eigenvalue weighted by atomic mass is 9.95. The maximum atomic E-state index is 13.6. The fraction of sp³-hybridized carbons (Fsp3) is 0. The SMILES string of the molecule is Nc1[nH]c(=O)c(C(=O)O)c(-c2cccc(F)c2Cl)c1C(=O)O. The van der Waals surface area contributed by atoms with Gasteiger partial charge in [-0.15, -0.1) is 0 Å². The molecule has 2 rings (SSSR count). The Hall–Kier alpha value is -2.87. The Morgan fingerprint density at radius 2 is 1.77 bits per heavy atom. The van der Waals surface area contributed by atoms with Gasteiger partial charge in [-0.05, 0) is 6.07 Å². The van der Waals surface area contributed by atoms with E-state index in [4.69, 9.17) is 17.3 Å². The van der Waals surface area contributed by atoms with Crippen LogP contribution in [0.25, 0.3) is 11.1 Å². The van der Waals surface area contributed by atoms with E-state index >= 15 is 0 Å². The summed E-state index contributed by atoms with van der Waals surface area (Å²) >= 11 is 5.77. The average molecular weight is 327 g/mol. The first kappa shape index (κ1) is 15.5. The van der Waals surface area contributed by atoms with E-state index in [9.17, 15) is 29.0 Å². The Kier molecular flexibility index (Phi) is 3.87. The summed E-state index contributed by atoms with van der Waals surface area (Å²) in [6, 6.07) is 3.40. The van der Waals surface area contributed by atoms with Crippen LogP contribution in [-0.4, -0.2) is 27.1 Å². The smallest absolute Gasteiger partial charge is 0.342 e. The number of nitrogens with one attached hydrogen (secondary N) is 1. The Bertz CT molecular complexity index is 862. The molecule has 0 bridgehead atoms. The van der Waals surface area contributed by atoms with Gasteiger partial charge in [-0.2, -0.15) is 0 Å². The summed E-state index contributed by atoms with van der Waals surface area (Å²) in [5.41, 5.74) is 1.96. The first-order valence-electron chi connectivity index (χ1n) is 5.72. The number of carbonyl (C=O) groups is 2. The van der Waals surface area contributed by atoms with E-state index in [1.54, 1.807) is 0 Å². The fourth-order valence-corrected chi connectivity index (χ4v) is 2.23. The molecule has 22 heavy (non-hydrogen) atoms. The monoisotopic (exact) mass is 326 g/mol. The molecule has 5 N–H and O–H groups in total. The quantitative estimate of drug-likeness (QED) is 0.679. The highest BCUT2D eigenvalue weighted by Gasteiger charge is 2.28. The minimum absolute atomic E-state index is 0.255. The molecular formula is C13H8ClFN2O5. The van der Waals surface area contributed by atoms with E-state index in [2.05, 4.69) is 0 Å². The topological polar surface area (TPSA) is 133 Å². The third-order valence-electron chi connectivity index (χ3n) is 2.89. The van der Waals surface area contributed by atoms with E-state index in [0.717, 1.165) is 6.07 Å². The van der Waals surface area contributed by atoms with E-state index in [-0.39, 0.29) is 5.56 Å². The normalized spacial score (nSPS) is 10.5. The van der Waals surface area contributed by atoms with Gasteiger partial charge < -0.3 is 20.9 Å². The van der Waals surface area contributed by atoms with Gasteiger partial charge in [0, 0.05) is 11.1 Å². The van der Waals surface area contributed by atoms with Gasteiger partial charge in [-0.1, -0.05) is 23.7 Å². The minimum atomic E-state index is -1.70. The number of rotatable bonds is 3. The molecule has 2 aromatic rings. The molecule has 0 amide bonds. The van der Waals surface area contributed by atoms with Crippen LogP contribution in [0.3, 0.4) is 0 Å². The highest BCUT2D eigenvalue weighted by Crippen LogP contribution is 2.35. The Morgan fingerprint density at radius 3 is 2.32 bits per heavy atom. The summed E-state index contributed by atoms with van der Waals surface area (Å²) in [5.74, 6) is -4.74. The predicted octanol–water partition coefficient (Wildman–Crippen LogP) is 1.81. The largest absolute Gasteiger partial charge is 0.478 e. The van der Waals surface area contributed by atoms with Crippen LogP contribution in [0.1, 0.15) is 20.7 Å². The van der Waals surface area contributed by atoms with Crippen molar-refractivity contribution in [1.82, 2.24) is 4.98 Å². The number of aromatic nitrogens is 1. The van der Waals surface area contributed by atoms with Crippen molar-refractivity contribution in [1.29, 1.82) is 0 Å². The van der Waals surface area contributed by atoms with Crippen LogP contribution in [0.5, 0.6) is 0 Å². The number of hydrogen-bond donors (Lipinski definition) is 4. The van der Waals surface area contributed by atoms with Gasteiger partial charge in [-0.3, -0.25) is 4.79 Å². The second kappa shape index (κ2) is 5.49. The summed E-state index contributed by atoms with van der Waals surface area (Å²) in [6.07, 6.45) is 0. The second-order valence-electron chi connectivity index (χ2n) is 4.20. The van der Waals surface area contributed by atoms with Crippen LogP contribution < -0.4 is 11.3 Å². The molecule has 0 fully saturated rings. The number of nitrogens with two attached hydrogens (primary N) is 1. The molecule has 0 aliphatic carbocycles. The molecule has 1 aromatic carbocycles. The highest BCUT2D eigenvalue weighted by molar-refractivity contribution is 6.34. The van der Waals surface area contributed by atoms with Crippen LogP contribution in [0.2, 0.25) is 5.02 Å². The zero-order valence-electron chi connectivity index (χ0n) is 10.7. The Balaban J connectivity index is 3.06. The van der Waals surface area contributed by atoms with E-state index in [1.165, 1.54) is 12.1 Å². The number of pyridine rings is 1. The van der Waals surface area contributed by atoms with E-state index < -0.39 is 50.8 Å². The lowest BCUT2D eigenvalue weighted by Crippen LogP contribution is -2.24. The van der Waals surface area contributed by atoms with Gasteiger partial charge in [0.05, 0.1) is 5.02 Å². The minimum Gasteiger partial charge on any atom is -0.478 e. The molecule has 1 heterocycles. The van der Waals surface area contributed by atoms with Gasteiger partial charge in [0.1, 0.15) is 22.8 Å². The zero-order valence-corrected chi connectivity index (χ0v) is 11.4. The molecular weight excluding hydrogens is 319 g/mol. The summed E-state index contributed by atoms with van der Waals surface area (Å²) in [4.78, 5) is 36.4. The summed E-state index contributed by atoms with van der Waals surface area (Å²) < 4.78 is 13.6. The molecule has 0 saturated carbocycles. The van der Waals surface area contributed by atoms with Gasteiger partial charge in [0.25, 0.3) is 5.56 Å². The van der Waals surface area contributed by atoms with E-state index in [0.29, 0.717) is 0 Å². The molecule has 114 valence electrons. The van der Waals surface area contributed by atoms with Crippen LogP contribution in [-0.2, 0) is 0 Å². The first-order chi connectivity index (χ1) is 10.3. The Labute approximate surface area is 126 Å². The number of carboxylic acids is 2. The predicted molar refractivity (Wildman–Crippen MR) is 75.8 cm³/mol. The molecule has 1 aromatic heterocycles. The van der Waals surface area contributed by atoms with Crippen molar-refractivity contribution >= 4 is 29.4 Å². The number of hydrogen-bond acceptors (Lipinski definition) is 4. The molecule has 0 spiro atoms. The molecule has 9 heteroatoms.